The van der Waals surface area contributed by atoms with E-state index in [1.165, 1.54) is 14.2 Å². The largest absolute Gasteiger partial charge is 0.475 e. The minimum Gasteiger partial charge on any atom is -0.290 e. The first-order valence-corrected chi connectivity index (χ1v) is 6.86. The van der Waals surface area contributed by atoms with Gasteiger partial charge in [-0.05, 0) is 12.8 Å². The van der Waals surface area contributed by atoms with Gasteiger partial charge in [0.2, 0.25) is 0 Å². The van der Waals surface area contributed by atoms with Gasteiger partial charge in [-0.25, -0.2) is 4.57 Å². The fourth-order valence-electron chi connectivity index (χ4n) is 0.631. The molecule has 0 saturated heterocycles. The molecule has 0 aromatic heterocycles. The molecule has 0 N–H and O–H groups in total. The van der Waals surface area contributed by atoms with E-state index in [0.29, 0.717) is 0 Å². The van der Waals surface area contributed by atoms with E-state index >= 15 is 0 Å². The molecule has 1 unspecified atom stereocenters. The van der Waals surface area contributed by atoms with Gasteiger partial charge in [-0.2, -0.15) is 0 Å². The van der Waals surface area contributed by atoms with Crippen molar-refractivity contribution >= 4 is 54.2 Å². The number of phosphoric ester groups is 1. The highest BCUT2D eigenvalue weighted by molar-refractivity contribution is 7.48. The van der Waals surface area contributed by atoms with Crippen LogP contribution in [0.5, 0.6) is 0 Å². The molecule has 0 heterocycles. The van der Waals surface area contributed by atoms with Crippen LogP contribution in [0.1, 0.15) is 12.8 Å². The summed E-state index contributed by atoms with van der Waals surface area (Å²) >= 11 is 22.2. The number of rotatable bonds is 6. The lowest BCUT2D eigenvalue weighted by Crippen LogP contribution is -2.10. The first kappa shape index (κ1) is 16.3. The van der Waals surface area contributed by atoms with Crippen LogP contribution in [0, 0.1) is 0 Å². The van der Waals surface area contributed by atoms with Gasteiger partial charge in [0.1, 0.15) is 5.56 Å². The predicted octanol–water partition coefficient (Wildman–Crippen LogP) is 4.12. The molecule has 92 valence electrons. The fourth-order valence-corrected chi connectivity index (χ4v) is 2.07. The quantitative estimate of drug-likeness (QED) is 0.545. The van der Waals surface area contributed by atoms with Crippen LogP contribution in [-0.2, 0) is 18.1 Å². The Balaban J connectivity index is 4.03. The Hall–Kier alpha value is 1.27. The number of halogens is 4. The maximum atomic E-state index is 11.4. The van der Waals surface area contributed by atoms with E-state index in [-0.39, 0.29) is 12.8 Å². The molecule has 0 aromatic rings. The smallest absolute Gasteiger partial charge is 0.290 e. The summed E-state index contributed by atoms with van der Waals surface area (Å²) in [6, 6.07) is 0. The second-order valence-corrected chi connectivity index (χ2v) is 7.32. The maximum Gasteiger partial charge on any atom is 0.475 e. The molecule has 0 amide bonds. The summed E-state index contributed by atoms with van der Waals surface area (Å²) in [5.74, 6) is 0. The number of hydrogen-bond donors (Lipinski definition) is 0. The fraction of sp³-hybridized carbons (Fsp3) is 1.00. The number of phosphoric acid groups is 1. The number of hydrogen-bond acceptors (Lipinski definition) is 4. The highest BCUT2D eigenvalue weighted by Crippen LogP contribution is 2.50. The van der Waals surface area contributed by atoms with Crippen molar-refractivity contribution in [3.8, 4) is 0 Å². The highest BCUT2D eigenvalue weighted by Gasteiger charge is 2.29. The Morgan fingerprint density at radius 3 is 2.07 bits per heavy atom. The van der Waals surface area contributed by atoms with Crippen LogP contribution in [-0.4, -0.2) is 23.6 Å². The van der Waals surface area contributed by atoms with Gasteiger partial charge < -0.3 is 0 Å². The third kappa shape index (κ3) is 8.06. The van der Waals surface area contributed by atoms with Crippen LogP contribution in [0.25, 0.3) is 0 Å². The van der Waals surface area contributed by atoms with E-state index in [1.54, 1.807) is 0 Å². The number of alkyl halides is 4. The minimum atomic E-state index is -3.58. The first-order chi connectivity index (χ1) is 6.72. The van der Waals surface area contributed by atoms with Gasteiger partial charge in [0.15, 0.2) is 3.79 Å². The SMILES string of the molecule is COP(=O)(OC)OC(Cl)CCC(Cl)(Cl)Cl. The molecule has 0 aromatic carbocycles. The Morgan fingerprint density at radius 1 is 1.27 bits per heavy atom. The summed E-state index contributed by atoms with van der Waals surface area (Å²) in [4.78, 5) is 0. The molecule has 0 aliphatic carbocycles. The van der Waals surface area contributed by atoms with Crippen LogP contribution in [0.15, 0.2) is 0 Å². The second-order valence-electron chi connectivity index (χ2n) is 2.48. The van der Waals surface area contributed by atoms with Gasteiger partial charge in [0.05, 0.1) is 0 Å². The zero-order chi connectivity index (χ0) is 12.1. The first-order valence-electron chi connectivity index (χ1n) is 3.83. The van der Waals surface area contributed by atoms with E-state index in [0.717, 1.165) is 0 Å². The molecule has 9 heteroatoms. The Bertz CT molecular complexity index is 224. The van der Waals surface area contributed by atoms with Crippen molar-refractivity contribution in [1.82, 2.24) is 0 Å². The molecule has 4 nitrogen and oxygen atoms in total. The van der Waals surface area contributed by atoms with Crippen LogP contribution in [0.2, 0.25) is 0 Å². The van der Waals surface area contributed by atoms with Crippen LogP contribution >= 0.6 is 54.2 Å². The van der Waals surface area contributed by atoms with Crippen molar-refractivity contribution in [2.75, 3.05) is 14.2 Å². The summed E-state index contributed by atoms with van der Waals surface area (Å²) in [5.41, 5.74) is -0.911. The molecule has 0 bridgehead atoms. The second kappa shape index (κ2) is 6.87. The lowest BCUT2D eigenvalue weighted by atomic mass is 10.3. The molecule has 0 aliphatic heterocycles. The van der Waals surface area contributed by atoms with Crippen molar-refractivity contribution in [2.45, 2.75) is 22.2 Å². The summed E-state index contributed by atoms with van der Waals surface area (Å²) in [6.45, 7) is 0. The molecule has 0 fully saturated rings. The average molecular weight is 320 g/mol. The maximum absolute atomic E-state index is 11.4. The summed E-state index contributed by atoms with van der Waals surface area (Å²) in [6.07, 6.45) is 0.369. The van der Waals surface area contributed by atoms with Crippen molar-refractivity contribution in [3.05, 3.63) is 0 Å². The van der Waals surface area contributed by atoms with Gasteiger partial charge in [-0.1, -0.05) is 46.4 Å². The van der Waals surface area contributed by atoms with Crippen LogP contribution < -0.4 is 0 Å². The van der Waals surface area contributed by atoms with E-state index in [4.69, 9.17) is 50.9 Å². The summed E-state index contributed by atoms with van der Waals surface area (Å²) in [7, 11) is -1.21. The van der Waals surface area contributed by atoms with E-state index in [9.17, 15) is 4.57 Å². The van der Waals surface area contributed by atoms with Gasteiger partial charge in [-0.15, -0.1) is 0 Å². The van der Waals surface area contributed by atoms with Gasteiger partial charge >= 0.3 is 7.82 Å². The average Bonchev–Trinajstić information content (AvgIpc) is 2.13. The molecular formula is C6H11Cl4O4P. The van der Waals surface area contributed by atoms with Crippen molar-refractivity contribution in [2.24, 2.45) is 0 Å². The molecule has 0 aliphatic rings. The molecule has 0 rings (SSSR count). The van der Waals surface area contributed by atoms with Crippen molar-refractivity contribution in [3.63, 3.8) is 0 Å². The van der Waals surface area contributed by atoms with Crippen molar-refractivity contribution < 1.29 is 18.1 Å². The molecule has 1 atom stereocenters. The Morgan fingerprint density at radius 2 is 1.73 bits per heavy atom. The van der Waals surface area contributed by atoms with Gasteiger partial charge in [0.25, 0.3) is 0 Å². The monoisotopic (exact) mass is 318 g/mol. The Kier molecular flexibility index (Phi) is 7.46. The van der Waals surface area contributed by atoms with Crippen LogP contribution in [0.3, 0.4) is 0 Å². The highest BCUT2D eigenvalue weighted by atomic mass is 35.6. The Labute approximate surface area is 109 Å². The van der Waals surface area contributed by atoms with Gasteiger partial charge in [-0.3, -0.25) is 13.6 Å². The summed E-state index contributed by atoms with van der Waals surface area (Å²) in [5, 5.41) is 0. The lowest BCUT2D eigenvalue weighted by Gasteiger charge is -2.18. The topological polar surface area (TPSA) is 44.8 Å². The molecule has 0 spiro atoms. The minimum absolute atomic E-state index is 0.166. The molecule has 0 saturated carbocycles. The molecule has 0 radical (unpaired) electrons. The van der Waals surface area contributed by atoms with Crippen molar-refractivity contribution in [1.29, 1.82) is 0 Å². The zero-order valence-corrected chi connectivity index (χ0v) is 12.0. The van der Waals surface area contributed by atoms with E-state index < -0.39 is 17.2 Å². The third-order valence-electron chi connectivity index (χ3n) is 1.35. The lowest BCUT2D eigenvalue weighted by molar-refractivity contribution is 0.134. The van der Waals surface area contributed by atoms with Gasteiger partial charge in [0, 0.05) is 14.2 Å². The normalized spacial score (nSPS) is 15.3. The van der Waals surface area contributed by atoms with Crippen LogP contribution in [0.4, 0.5) is 0 Å². The molecular weight excluding hydrogens is 309 g/mol. The standard InChI is InChI=1S/C6H11Cl4O4P/c1-12-15(11,13-2)14-5(7)3-4-6(8,9)10/h5H,3-4H2,1-2H3. The van der Waals surface area contributed by atoms with E-state index in [1.807, 2.05) is 0 Å². The summed E-state index contributed by atoms with van der Waals surface area (Å²) < 4.78 is 23.9. The zero-order valence-electron chi connectivity index (χ0n) is 8.08. The third-order valence-corrected chi connectivity index (χ3v) is 3.75. The van der Waals surface area contributed by atoms with E-state index in [2.05, 4.69) is 9.05 Å². The molecule has 15 heavy (non-hydrogen) atoms. The predicted molar refractivity (Wildman–Crippen MR) is 61.9 cm³/mol.